The lowest BCUT2D eigenvalue weighted by molar-refractivity contribution is -0.384. The number of halogens is 3. The number of hydrogen-bond acceptors (Lipinski definition) is 6. The summed E-state index contributed by atoms with van der Waals surface area (Å²) in [6, 6.07) is 11.1. The maximum absolute atomic E-state index is 15.4. The van der Waals surface area contributed by atoms with Crippen LogP contribution in [0.3, 0.4) is 0 Å². The number of benzene rings is 3. The summed E-state index contributed by atoms with van der Waals surface area (Å²) >= 11 is 5.96. The van der Waals surface area contributed by atoms with Crippen LogP contribution in [0.5, 0.6) is 5.75 Å². The number of rotatable bonds is 5. The maximum Gasteiger partial charge on any atom is 0.290 e. The van der Waals surface area contributed by atoms with E-state index in [-0.39, 0.29) is 39.2 Å². The first-order valence-electron chi connectivity index (χ1n) is 11.4. The average molecular weight is 528 g/mol. The summed E-state index contributed by atoms with van der Waals surface area (Å²) in [5.74, 6) is -2.51. The first kappa shape index (κ1) is 24.6. The highest BCUT2D eigenvalue weighted by Crippen LogP contribution is 2.41. The second-order valence-electron chi connectivity index (χ2n) is 8.81. The molecule has 2 aliphatic rings. The van der Waals surface area contributed by atoms with Crippen molar-refractivity contribution in [2.24, 2.45) is 0 Å². The van der Waals surface area contributed by atoms with Gasteiger partial charge in [0.05, 0.1) is 40.6 Å². The van der Waals surface area contributed by atoms with Crippen molar-refractivity contribution in [1.29, 1.82) is 0 Å². The Balaban J connectivity index is 1.38. The van der Waals surface area contributed by atoms with Gasteiger partial charge in [0, 0.05) is 19.2 Å². The quantitative estimate of drug-likeness (QED) is 0.239. The highest BCUT2D eigenvalue weighted by Gasteiger charge is 2.38. The number of carbonyl (C=O) groups is 2. The van der Waals surface area contributed by atoms with Gasteiger partial charge in [0.25, 0.3) is 17.5 Å². The second kappa shape index (κ2) is 9.44. The molecule has 2 amide bonds. The van der Waals surface area contributed by atoms with Crippen molar-refractivity contribution < 1.29 is 28.0 Å². The van der Waals surface area contributed by atoms with Gasteiger partial charge in [-0.3, -0.25) is 19.7 Å². The van der Waals surface area contributed by atoms with E-state index in [1.165, 1.54) is 19.2 Å². The van der Waals surface area contributed by atoms with Crippen LogP contribution in [-0.4, -0.2) is 36.9 Å². The number of anilines is 2. The number of ether oxygens (including phenoxy) is 1. The molecule has 0 bridgehead atoms. The Kier molecular flexibility index (Phi) is 6.28. The number of piperidine rings is 1. The van der Waals surface area contributed by atoms with Crippen molar-refractivity contribution in [2.45, 2.75) is 18.8 Å². The van der Waals surface area contributed by atoms with Crippen molar-refractivity contribution in [1.82, 2.24) is 0 Å². The molecule has 0 radical (unpaired) electrons. The molecule has 0 unspecified atom stereocenters. The van der Waals surface area contributed by atoms with Gasteiger partial charge in [-0.2, -0.15) is 0 Å². The van der Waals surface area contributed by atoms with E-state index in [4.69, 9.17) is 16.3 Å². The lowest BCUT2D eigenvalue weighted by atomic mass is 9.88. The number of imide groups is 1. The average Bonchev–Trinajstić information content (AvgIpc) is 3.14. The van der Waals surface area contributed by atoms with Crippen LogP contribution < -0.4 is 14.5 Å². The smallest absolute Gasteiger partial charge is 0.290 e. The molecule has 1 saturated heterocycles. The van der Waals surface area contributed by atoms with Gasteiger partial charge in [0.15, 0.2) is 5.82 Å². The van der Waals surface area contributed by atoms with Crippen LogP contribution in [0.25, 0.3) is 0 Å². The topological polar surface area (TPSA) is 93.0 Å². The highest BCUT2D eigenvalue weighted by atomic mass is 35.5. The summed E-state index contributed by atoms with van der Waals surface area (Å²) in [7, 11) is 1.38. The minimum Gasteiger partial charge on any atom is -0.495 e. The van der Waals surface area contributed by atoms with E-state index in [2.05, 4.69) is 0 Å². The Hall–Kier alpha value is -4.05. The highest BCUT2D eigenvalue weighted by molar-refractivity contribution is 6.35. The number of methoxy groups -OCH3 is 1. The number of amides is 2. The summed E-state index contributed by atoms with van der Waals surface area (Å²) < 4.78 is 35.4. The number of nitro benzene ring substituents is 1. The van der Waals surface area contributed by atoms with Crippen LogP contribution in [0.15, 0.2) is 48.5 Å². The second-order valence-corrected chi connectivity index (χ2v) is 9.22. The van der Waals surface area contributed by atoms with Gasteiger partial charge >= 0.3 is 0 Å². The normalized spacial score (nSPS) is 15.8. The predicted octanol–water partition coefficient (Wildman–Crippen LogP) is 5.72. The fourth-order valence-corrected chi connectivity index (χ4v) is 5.18. The van der Waals surface area contributed by atoms with Crippen LogP contribution in [0, 0.1) is 21.7 Å². The van der Waals surface area contributed by atoms with Crippen LogP contribution in [0.4, 0.5) is 25.8 Å². The van der Waals surface area contributed by atoms with Crippen molar-refractivity contribution in [3.8, 4) is 5.75 Å². The lowest BCUT2D eigenvalue weighted by Crippen LogP contribution is -2.34. The number of fused-ring (bicyclic) bond motifs is 1. The van der Waals surface area contributed by atoms with Gasteiger partial charge in [-0.25, -0.2) is 13.7 Å². The molecule has 0 saturated carbocycles. The molecular formula is C26H20ClF2N3O5. The molecule has 3 aromatic carbocycles. The zero-order chi connectivity index (χ0) is 26.4. The van der Waals surface area contributed by atoms with Gasteiger partial charge in [0.1, 0.15) is 16.6 Å². The molecule has 8 nitrogen and oxygen atoms in total. The number of nitrogens with zero attached hydrogens (tertiary/aromatic N) is 3. The van der Waals surface area contributed by atoms with Crippen molar-refractivity contribution in [3.05, 3.63) is 92.0 Å². The SMILES string of the molecule is COc1cc(C2CCN(c3cc(Cl)c([N+](=O)[O-])cc3F)CC2)c(F)cc1N1C(=O)c2ccccc2C1=O. The predicted molar refractivity (Wildman–Crippen MR) is 133 cm³/mol. The Labute approximate surface area is 215 Å². The van der Waals surface area contributed by atoms with Crippen molar-refractivity contribution >= 4 is 40.5 Å². The van der Waals surface area contributed by atoms with Crippen molar-refractivity contribution in [2.75, 3.05) is 30.0 Å². The van der Waals surface area contributed by atoms with E-state index in [0.717, 1.165) is 17.0 Å². The van der Waals surface area contributed by atoms with Gasteiger partial charge in [0.2, 0.25) is 0 Å². The van der Waals surface area contributed by atoms with Crippen LogP contribution in [-0.2, 0) is 0 Å². The molecule has 11 heteroatoms. The first-order chi connectivity index (χ1) is 17.7. The van der Waals surface area contributed by atoms with E-state index in [1.54, 1.807) is 29.2 Å². The van der Waals surface area contributed by atoms with E-state index in [9.17, 15) is 24.1 Å². The molecule has 0 aromatic heterocycles. The molecule has 1 fully saturated rings. The zero-order valence-corrected chi connectivity index (χ0v) is 20.3. The van der Waals surface area contributed by atoms with Gasteiger partial charge in [-0.1, -0.05) is 23.7 Å². The standard InChI is InChI=1S/C26H20ClF2N3O5/c1-37-24-10-17(19(28)12-23(24)31-25(33)15-4-2-3-5-16(15)26(31)34)14-6-8-30(9-7-14)22-11-18(27)21(32(35)36)13-20(22)29/h2-5,10-14H,6-9H2,1H3. The molecule has 2 aliphatic heterocycles. The van der Waals surface area contributed by atoms with E-state index in [1.807, 2.05) is 0 Å². The number of hydrogen-bond donors (Lipinski definition) is 0. The third-order valence-electron chi connectivity index (χ3n) is 6.82. The lowest BCUT2D eigenvalue weighted by Gasteiger charge is -2.34. The fraction of sp³-hybridized carbons (Fsp3) is 0.231. The monoisotopic (exact) mass is 527 g/mol. The van der Waals surface area contributed by atoms with Crippen LogP contribution >= 0.6 is 11.6 Å². The Morgan fingerprint density at radius 1 is 0.973 bits per heavy atom. The van der Waals surface area contributed by atoms with Gasteiger partial charge < -0.3 is 9.64 Å². The summed E-state index contributed by atoms with van der Waals surface area (Å²) in [5, 5.41) is 10.8. The first-order valence-corrected chi connectivity index (χ1v) is 11.8. The maximum atomic E-state index is 15.4. The van der Waals surface area contributed by atoms with Gasteiger partial charge in [-0.05, 0) is 48.6 Å². The minimum atomic E-state index is -0.757. The van der Waals surface area contributed by atoms with Gasteiger partial charge in [-0.15, -0.1) is 0 Å². The summed E-state index contributed by atoms with van der Waals surface area (Å²) in [4.78, 5) is 38.7. The zero-order valence-electron chi connectivity index (χ0n) is 19.5. The van der Waals surface area contributed by atoms with E-state index >= 15 is 4.39 Å². The molecular weight excluding hydrogens is 508 g/mol. The molecule has 190 valence electrons. The molecule has 0 spiro atoms. The number of nitro groups is 1. The third-order valence-corrected chi connectivity index (χ3v) is 7.12. The molecule has 0 atom stereocenters. The summed E-state index contributed by atoms with van der Waals surface area (Å²) in [6.45, 7) is 0.718. The molecule has 0 aliphatic carbocycles. The Morgan fingerprint density at radius 3 is 2.16 bits per heavy atom. The van der Waals surface area contributed by atoms with E-state index < -0.39 is 34.1 Å². The van der Waals surface area contributed by atoms with Crippen LogP contribution in [0.2, 0.25) is 5.02 Å². The largest absolute Gasteiger partial charge is 0.495 e. The summed E-state index contributed by atoms with van der Waals surface area (Å²) in [6.07, 6.45) is 0.918. The number of carbonyl (C=O) groups excluding carboxylic acids is 2. The third kappa shape index (κ3) is 4.17. The Morgan fingerprint density at radius 2 is 1.59 bits per heavy atom. The molecule has 3 aromatic rings. The Bertz CT molecular complexity index is 1420. The molecule has 0 N–H and O–H groups in total. The molecule has 5 rings (SSSR count). The molecule has 37 heavy (non-hydrogen) atoms. The fourth-order valence-electron chi connectivity index (χ4n) is 4.96. The minimum absolute atomic E-state index is 0.0231. The van der Waals surface area contributed by atoms with E-state index in [0.29, 0.717) is 31.5 Å². The molecule has 2 heterocycles. The summed E-state index contributed by atoms with van der Waals surface area (Å²) in [5.41, 5.74) is 0.502. The van der Waals surface area contributed by atoms with Crippen molar-refractivity contribution in [3.63, 3.8) is 0 Å². The van der Waals surface area contributed by atoms with Crippen LogP contribution in [0.1, 0.15) is 45.0 Å².